The topological polar surface area (TPSA) is 40.5 Å². The minimum Gasteiger partial charge on any atom is -0.465 e. The Morgan fingerprint density at radius 3 is 3.06 bits per heavy atom. The Kier molecular flexibility index (Phi) is 3.61. The molecule has 1 aliphatic heterocycles. The Labute approximate surface area is 99.9 Å². The Bertz CT molecular complexity index is 408. The fourth-order valence-corrected chi connectivity index (χ4v) is 2.41. The summed E-state index contributed by atoms with van der Waals surface area (Å²) < 4.78 is 13.0. The molecule has 2 rings (SSSR count). The number of amides is 1. The summed E-state index contributed by atoms with van der Waals surface area (Å²) in [6.45, 7) is 0.628. The van der Waals surface area contributed by atoms with Crippen LogP contribution in [0.1, 0.15) is 24.8 Å². The number of hydrogen-bond donors (Lipinski definition) is 1. The second-order valence-electron chi connectivity index (χ2n) is 4.44. The molecule has 0 radical (unpaired) electrons. The van der Waals surface area contributed by atoms with Gasteiger partial charge in [0.2, 0.25) is 0 Å². The lowest BCUT2D eigenvalue weighted by Crippen LogP contribution is -2.34. The van der Waals surface area contributed by atoms with Crippen molar-refractivity contribution in [3.63, 3.8) is 0 Å². The number of carbonyl (C=O) groups is 1. The van der Waals surface area contributed by atoms with Crippen LogP contribution in [0, 0.1) is 5.82 Å². The van der Waals surface area contributed by atoms with Gasteiger partial charge in [-0.05, 0) is 43.4 Å². The number of hydrogen-bond acceptors (Lipinski definition) is 1. The molecule has 1 fully saturated rings. The molecule has 1 N–H and O–H groups in total. The number of halogens is 1. The van der Waals surface area contributed by atoms with Crippen molar-refractivity contribution in [2.24, 2.45) is 0 Å². The first-order valence-electron chi connectivity index (χ1n) is 5.91. The maximum atomic E-state index is 13.0. The van der Waals surface area contributed by atoms with Crippen molar-refractivity contribution in [1.82, 2.24) is 4.90 Å². The van der Waals surface area contributed by atoms with Gasteiger partial charge in [0.25, 0.3) is 0 Å². The molecule has 0 aromatic heterocycles. The van der Waals surface area contributed by atoms with E-state index in [1.54, 1.807) is 6.07 Å². The molecule has 1 aromatic rings. The lowest BCUT2D eigenvalue weighted by molar-refractivity contribution is 0.138. The van der Waals surface area contributed by atoms with Crippen molar-refractivity contribution in [3.05, 3.63) is 35.6 Å². The Morgan fingerprint density at radius 2 is 2.35 bits per heavy atom. The van der Waals surface area contributed by atoms with E-state index < -0.39 is 6.09 Å². The summed E-state index contributed by atoms with van der Waals surface area (Å²) in [6, 6.07) is 6.59. The van der Waals surface area contributed by atoms with Gasteiger partial charge in [-0.1, -0.05) is 12.1 Å². The zero-order valence-electron chi connectivity index (χ0n) is 9.60. The summed E-state index contributed by atoms with van der Waals surface area (Å²) >= 11 is 0. The standard InChI is InChI=1S/C13H16FNO2/c14-11-4-1-3-10(9-11)6-7-12-5-2-8-15(12)13(16)17/h1,3-4,9,12H,2,5-8H2,(H,16,17). The van der Waals surface area contributed by atoms with E-state index >= 15 is 0 Å². The molecule has 1 heterocycles. The fourth-order valence-electron chi connectivity index (χ4n) is 2.41. The molecule has 0 bridgehead atoms. The molecule has 4 heteroatoms. The summed E-state index contributed by atoms with van der Waals surface area (Å²) in [4.78, 5) is 12.4. The van der Waals surface area contributed by atoms with Crippen LogP contribution in [0.5, 0.6) is 0 Å². The van der Waals surface area contributed by atoms with Crippen molar-refractivity contribution in [1.29, 1.82) is 0 Å². The third-order valence-electron chi connectivity index (χ3n) is 3.28. The van der Waals surface area contributed by atoms with Gasteiger partial charge < -0.3 is 10.0 Å². The van der Waals surface area contributed by atoms with Crippen LogP contribution in [0.2, 0.25) is 0 Å². The van der Waals surface area contributed by atoms with Crippen LogP contribution < -0.4 is 0 Å². The van der Waals surface area contributed by atoms with E-state index in [4.69, 9.17) is 5.11 Å². The van der Waals surface area contributed by atoms with E-state index in [-0.39, 0.29) is 11.9 Å². The van der Waals surface area contributed by atoms with Crippen LogP contribution in [0.15, 0.2) is 24.3 Å². The maximum Gasteiger partial charge on any atom is 0.407 e. The minimum absolute atomic E-state index is 0.0933. The predicted molar refractivity (Wildman–Crippen MR) is 62.5 cm³/mol. The van der Waals surface area contributed by atoms with Crippen molar-refractivity contribution in [3.8, 4) is 0 Å². The predicted octanol–water partition coefficient (Wildman–Crippen LogP) is 2.90. The minimum atomic E-state index is -0.841. The highest BCUT2D eigenvalue weighted by Crippen LogP contribution is 2.21. The van der Waals surface area contributed by atoms with E-state index in [1.165, 1.54) is 17.0 Å². The van der Waals surface area contributed by atoms with E-state index in [0.29, 0.717) is 6.54 Å². The van der Waals surface area contributed by atoms with E-state index in [9.17, 15) is 9.18 Å². The number of carboxylic acid groups (broad SMARTS) is 1. The van der Waals surface area contributed by atoms with Crippen LogP contribution in [0.4, 0.5) is 9.18 Å². The molecule has 1 saturated heterocycles. The average Bonchev–Trinajstić information content (AvgIpc) is 2.74. The lowest BCUT2D eigenvalue weighted by atomic mass is 10.0. The van der Waals surface area contributed by atoms with Crippen LogP contribution in [0.25, 0.3) is 0 Å². The third-order valence-corrected chi connectivity index (χ3v) is 3.28. The molecule has 1 unspecified atom stereocenters. The number of benzene rings is 1. The van der Waals surface area contributed by atoms with E-state index in [0.717, 1.165) is 31.2 Å². The monoisotopic (exact) mass is 237 g/mol. The smallest absolute Gasteiger partial charge is 0.407 e. The van der Waals surface area contributed by atoms with Crippen LogP contribution in [0.3, 0.4) is 0 Å². The zero-order chi connectivity index (χ0) is 12.3. The van der Waals surface area contributed by atoms with Gasteiger partial charge in [0.05, 0.1) is 0 Å². The lowest BCUT2D eigenvalue weighted by Gasteiger charge is -2.21. The highest BCUT2D eigenvalue weighted by atomic mass is 19.1. The van der Waals surface area contributed by atoms with Gasteiger partial charge in [-0.25, -0.2) is 9.18 Å². The molecule has 0 spiro atoms. The zero-order valence-corrected chi connectivity index (χ0v) is 9.60. The number of nitrogens with zero attached hydrogens (tertiary/aromatic N) is 1. The van der Waals surface area contributed by atoms with Crippen molar-refractivity contribution in [2.45, 2.75) is 31.7 Å². The molecule has 0 aliphatic carbocycles. The average molecular weight is 237 g/mol. The van der Waals surface area contributed by atoms with Gasteiger partial charge in [-0.15, -0.1) is 0 Å². The molecular formula is C13H16FNO2. The molecule has 17 heavy (non-hydrogen) atoms. The molecule has 1 aromatic carbocycles. The second kappa shape index (κ2) is 5.17. The largest absolute Gasteiger partial charge is 0.465 e. The van der Waals surface area contributed by atoms with Gasteiger partial charge in [-0.2, -0.15) is 0 Å². The molecular weight excluding hydrogens is 221 g/mol. The Balaban J connectivity index is 1.91. The summed E-state index contributed by atoms with van der Waals surface area (Å²) in [6.07, 6.45) is 2.51. The summed E-state index contributed by atoms with van der Waals surface area (Å²) in [5.41, 5.74) is 0.933. The summed E-state index contributed by atoms with van der Waals surface area (Å²) in [5.74, 6) is -0.232. The van der Waals surface area contributed by atoms with Gasteiger partial charge in [0.1, 0.15) is 5.82 Å². The fraction of sp³-hybridized carbons (Fsp3) is 0.462. The Morgan fingerprint density at radius 1 is 1.53 bits per heavy atom. The van der Waals surface area contributed by atoms with Gasteiger partial charge >= 0.3 is 6.09 Å². The number of rotatable bonds is 3. The molecule has 0 saturated carbocycles. The highest BCUT2D eigenvalue weighted by Gasteiger charge is 2.27. The third kappa shape index (κ3) is 2.96. The van der Waals surface area contributed by atoms with E-state index in [1.807, 2.05) is 6.07 Å². The molecule has 92 valence electrons. The van der Waals surface area contributed by atoms with Gasteiger partial charge in [0, 0.05) is 12.6 Å². The first-order chi connectivity index (χ1) is 8.16. The molecule has 1 amide bonds. The van der Waals surface area contributed by atoms with E-state index in [2.05, 4.69) is 0 Å². The van der Waals surface area contributed by atoms with Crippen LogP contribution >= 0.6 is 0 Å². The van der Waals surface area contributed by atoms with Crippen LogP contribution in [-0.2, 0) is 6.42 Å². The van der Waals surface area contributed by atoms with Crippen molar-refractivity contribution in [2.75, 3.05) is 6.54 Å². The Hall–Kier alpha value is -1.58. The highest BCUT2D eigenvalue weighted by molar-refractivity contribution is 5.65. The molecule has 1 atom stereocenters. The van der Waals surface area contributed by atoms with Crippen LogP contribution in [-0.4, -0.2) is 28.7 Å². The van der Waals surface area contributed by atoms with Crippen molar-refractivity contribution < 1.29 is 14.3 Å². The van der Waals surface area contributed by atoms with Gasteiger partial charge in [-0.3, -0.25) is 0 Å². The van der Waals surface area contributed by atoms with Gasteiger partial charge in [0.15, 0.2) is 0 Å². The summed E-state index contributed by atoms with van der Waals surface area (Å²) in [7, 11) is 0. The molecule has 1 aliphatic rings. The number of likely N-dealkylation sites (tertiary alicyclic amines) is 1. The number of aryl methyl sites for hydroxylation is 1. The second-order valence-corrected chi connectivity index (χ2v) is 4.44. The van der Waals surface area contributed by atoms with Crippen molar-refractivity contribution >= 4 is 6.09 Å². The normalized spacial score (nSPS) is 19.6. The summed E-state index contributed by atoms with van der Waals surface area (Å²) in [5, 5.41) is 8.99. The quantitative estimate of drug-likeness (QED) is 0.878. The maximum absolute atomic E-state index is 13.0. The first-order valence-corrected chi connectivity index (χ1v) is 5.91. The SMILES string of the molecule is O=C(O)N1CCCC1CCc1cccc(F)c1. The molecule has 3 nitrogen and oxygen atoms in total. The first kappa shape index (κ1) is 11.9.